The van der Waals surface area contributed by atoms with Gasteiger partial charge < -0.3 is 0 Å². The fourth-order valence-electron chi connectivity index (χ4n) is 0.590. The van der Waals surface area contributed by atoms with E-state index in [1.807, 2.05) is 0 Å². The van der Waals surface area contributed by atoms with Gasteiger partial charge in [0.1, 0.15) is 0 Å². The summed E-state index contributed by atoms with van der Waals surface area (Å²) in [5.41, 5.74) is 0.888. The van der Waals surface area contributed by atoms with Crippen LogP contribution in [0.15, 0.2) is 24.3 Å². The largest absolute Gasteiger partial charge is 0.242 e. The second-order valence-corrected chi connectivity index (χ2v) is 2.22. The fraction of sp³-hybridized carbons (Fsp3) is 0.143. The molecule has 0 aromatic heterocycles. The lowest BCUT2D eigenvalue weighted by atomic mass is 10.2. The minimum atomic E-state index is 0.0805. The van der Waals surface area contributed by atoms with Crippen molar-refractivity contribution in [1.29, 1.82) is 0 Å². The summed E-state index contributed by atoms with van der Waals surface area (Å²) in [6.45, 7) is 0.0805. The average molecular weight is 143 g/mol. The van der Waals surface area contributed by atoms with Gasteiger partial charge >= 0.3 is 0 Å². The van der Waals surface area contributed by atoms with Crippen LogP contribution in [0.1, 0.15) is 5.56 Å². The molecule has 0 aliphatic rings. The lowest BCUT2D eigenvalue weighted by Gasteiger charge is -1.88. The standard InChI is InChI=1S/C7H7ClO/c8-7-3-1-6(5-9)2-4-7/h1-4,9H,5H2/q+1. The molecule has 1 N–H and O–H groups in total. The van der Waals surface area contributed by atoms with Gasteiger partial charge in [-0.1, -0.05) is 11.6 Å². The van der Waals surface area contributed by atoms with Crippen LogP contribution in [0.4, 0.5) is 0 Å². The minimum absolute atomic E-state index is 0.0805. The second-order valence-electron chi connectivity index (χ2n) is 1.78. The Kier molecular flexibility index (Phi) is 2.09. The third kappa shape index (κ3) is 1.70. The summed E-state index contributed by atoms with van der Waals surface area (Å²) in [5.74, 6) is 0. The number of aliphatic hydroxyl groups is 1. The van der Waals surface area contributed by atoms with Gasteiger partial charge in [-0.15, -0.1) is 0 Å². The summed E-state index contributed by atoms with van der Waals surface area (Å²) >= 11 is 5.59. The molecular weight excluding hydrogens is 136 g/mol. The van der Waals surface area contributed by atoms with Crippen molar-refractivity contribution in [2.75, 3.05) is 0 Å². The van der Waals surface area contributed by atoms with Crippen molar-refractivity contribution in [2.24, 2.45) is 0 Å². The van der Waals surface area contributed by atoms with Crippen LogP contribution >= 0.6 is 11.6 Å². The quantitative estimate of drug-likeness (QED) is 0.549. The zero-order valence-electron chi connectivity index (χ0n) is 4.84. The van der Waals surface area contributed by atoms with Gasteiger partial charge in [-0.3, -0.25) is 0 Å². The molecule has 2 heteroatoms. The van der Waals surface area contributed by atoms with Gasteiger partial charge in [-0.25, -0.2) is 0 Å². The van der Waals surface area contributed by atoms with Crippen molar-refractivity contribution in [3.8, 4) is 0 Å². The van der Waals surface area contributed by atoms with Gasteiger partial charge in [0.15, 0.2) is 0 Å². The van der Waals surface area contributed by atoms with Crippen LogP contribution in [-0.2, 0) is 6.61 Å². The zero-order valence-corrected chi connectivity index (χ0v) is 5.60. The fourth-order valence-corrected chi connectivity index (χ4v) is 0.716. The summed E-state index contributed by atoms with van der Waals surface area (Å²) in [4.78, 5) is 0. The highest BCUT2D eigenvalue weighted by molar-refractivity contribution is 6.30. The van der Waals surface area contributed by atoms with Crippen LogP contribution in [0.5, 0.6) is 0 Å². The molecule has 0 atom stereocenters. The van der Waals surface area contributed by atoms with Gasteiger partial charge in [0, 0.05) is 10.6 Å². The van der Waals surface area contributed by atoms with E-state index in [9.17, 15) is 0 Å². The van der Waals surface area contributed by atoms with E-state index >= 15 is 0 Å². The normalized spacial score (nSPS) is 9.56. The molecule has 0 fully saturated rings. The molecular formula is C7H7ClO+. The molecule has 9 heavy (non-hydrogen) atoms. The van der Waals surface area contributed by atoms with Crippen molar-refractivity contribution >= 4 is 11.6 Å². The van der Waals surface area contributed by atoms with Crippen molar-refractivity contribution < 1.29 is 5.11 Å². The van der Waals surface area contributed by atoms with Crippen LogP contribution in [0.3, 0.4) is 0 Å². The van der Waals surface area contributed by atoms with E-state index in [1.165, 1.54) is 0 Å². The molecule has 0 spiro atoms. The molecule has 1 nitrogen and oxygen atoms in total. The van der Waals surface area contributed by atoms with Crippen molar-refractivity contribution in [3.63, 3.8) is 0 Å². The third-order valence-corrected chi connectivity index (χ3v) is 1.35. The highest BCUT2D eigenvalue weighted by atomic mass is 35.5. The molecule has 0 saturated heterocycles. The van der Waals surface area contributed by atoms with E-state index in [-0.39, 0.29) is 6.61 Å². The minimum Gasteiger partial charge on any atom is -0.157 e. The molecule has 0 heterocycles. The first-order valence-electron chi connectivity index (χ1n) is 2.68. The maximum absolute atomic E-state index is 8.59. The third-order valence-electron chi connectivity index (χ3n) is 1.10. The molecule has 0 bridgehead atoms. The molecule has 0 saturated carbocycles. The summed E-state index contributed by atoms with van der Waals surface area (Å²) in [6, 6.07) is 7.10. The summed E-state index contributed by atoms with van der Waals surface area (Å²) < 4.78 is 0. The van der Waals surface area contributed by atoms with Crippen molar-refractivity contribution in [1.82, 2.24) is 0 Å². The molecule has 0 amide bonds. The smallest absolute Gasteiger partial charge is 0.157 e. The van der Waals surface area contributed by atoms with Crippen molar-refractivity contribution in [3.05, 3.63) is 34.9 Å². The Balaban J connectivity index is 2.88. The predicted molar refractivity (Wildman–Crippen MR) is 37.4 cm³/mol. The van der Waals surface area contributed by atoms with E-state index in [0.717, 1.165) is 5.56 Å². The monoisotopic (exact) mass is 142 g/mol. The first-order valence-corrected chi connectivity index (χ1v) is 3.06. The van der Waals surface area contributed by atoms with Gasteiger partial charge in [-0.05, 0) is 24.3 Å². The first kappa shape index (κ1) is 6.59. The molecule has 1 aromatic rings. The molecule has 0 aliphatic carbocycles. The topological polar surface area (TPSA) is 21.4 Å². The SMILES string of the molecule is [OH+]Cc1ccc(Cl)cc1. The number of rotatable bonds is 1. The first-order chi connectivity index (χ1) is 4.33. The Morgan fingerprint density at radius 3 is 2.22 bits per heavy atom. The Morgan fingerprint density at radius 2 is 1.78 bits per heavy atom. The Hall–Kier alpha value is -0.530. The molecule has 1 rings (SSSR count). The van der Waals surface area contributed by atoms with Crippen LogP contribution in [-0.4, -0.2) is 5.11 Å². The van der Waals surface area contributed by atoms with E-state index < -0.39 is 0 Å². The molecule has 0 aliphatic heterocycles. The molecule has 47 valence electrons. The van der Waals surface area contributed by atoms with Gasteiger partial charge in [0.25, 0.3) is 0 Å². The number of hydrogen-bond donors (Lipinski definition) is 0. The van der Waals surface area contributed by atoms with Crippen LogP contribution < -0.4 is 0 Å². The lowest BCUT2D eigenvalue weighted by Crippen LogP contribution is -1.79. The van der Waals surface area contributed by atoms with Gasteiger partial charge in [0.2, 0.25) is 6.61 Å². The van der Waals surface area contributed by atoms with Crippen molar-refractivity contribution in [2.45, 2.75) is 6.61 Å². The Morgan fingerprint density at radius 1 is 1.22 bits per heavy atom. The number of aliphatic hydroxyl groups excluding tert-OH is 1. The number of halogens is 1. The highest BCUT2D eigenvalue weighted by Crippen LogP contribution is 2.08. The van der Waals surface area contributed by atoms with Gasteiger partial charge in [-0.2, -0.15) is 5.11 Å². The van der Waals surface area contributed by atoms with E-state index in [2.05, 4.69) is 0 Å². The number of benzene rings is 1. The molecule has 1 radical (unpaired) electrons. The van der Waals surface area contributed by atoms with Crippen LogP contribution in [0.25, 0.3) is 0 Å². The molecule has 0 unspecified atom stereocenters. The lowest BCUT2D eigenvalue weighted by molar-refractivity contribution is 0.282. The second kappa shape index (κ2) is 2.85. The maximum Gasteiger partial charge on any atom is 0.242 e. The summed E-state index contributed by atoms with van der Waals surface area (Å²) in [5, 5.41) is 9.29. The summed E-state index contributed by atoms with van der Waals surface area (Å²) in [6.07, 6.45) is 0. The Labute approximate surface area is 58.9 Å². The Bertz CT molecular complexity index is 181. The zero-order chi connectivity index (χ0) is 6.69. The van der Waals surface area contributed by atoms with Crippen LogP contribution in [0.2, 0.25) is 5.02 Å². The average Bonchev–Trinajstić information content (AvgIpc) is 1.90. The van der Waals surface area contributed by atoms with Crippen LogP contribution in [0, 0.1) is 0 Å². The van der Waals surface area contributed by atoms with E-state index in [0.29, 0.717) is 5.02 Å². The van der Waals surface area contributed by atoms with Gasteiger partial charge in [0.05, 0.1) is 0 Å². The maximum atomic E-state index is 8.59. The van der Waals surface area contributed by atoms with E-state index in [1.54, 1.807) is 24.3 Å². The molecule has 1 aromatic carbocycles. The highest BCUT2D eigenvalue weighted by Gasteiger charge is 1.92. The summed E-state index contributed by atoms with van der Waals surface area (Å²) in [7, 11) is 0. The van der Waals surface area contributed by atoms with E-state index in [4.69, 9.17) is 16.7 Å². The number of hydrogen-bond acceptors (Lipinski definition) is 1. The predicted octanol–water partition coefficient (Wildman–Crippen LogP) is 1.83.